The maximum absolute atomic E-state index is 13.7. The Balaban J connectivity index is 1.47. The van der Waals surface area contributed by atoms with Gasteiger partial charge in [-0.15, -0.1) is 0 Å². The van der Waals surface area contributed by atoms with Gasteiger partial charge in [0.2, 0.25) is 0 Å². The van der Waals surface area contributed by atoms with E-state index in [0.29, 0.717) is 22.5 Å². The van der Waals surface area contributed by atoms with Gasteiger partial charge >= 0.3 is 0 Å². The molecule has 0 spiro atoms. The Bertz CT molecular complexity index is 1490. The molecule has 172 valence electrons. The molecule has 34 heavy (non-hydrogen) atoms. The molecule has 1 N–H and O–H groups in total. The molecule has 4 aromatic rings. The number of ether oxygens (including phenoxy) is 1. The normalized spacial score (nSPS) is 11.2. The van der Waals surface area contributed by atoms with E-state index in [1.54, 1.807) is 55.6 Å². The molecule has 0 aliphatic carbocycles. The van der Waals surface area contributed by atoms with Gasteiger partial charge in [0.1, 0.15) is 17.4 Å². The fraction of sp³-hybridized carbons (Fsp3) is 0.0833. The number of nitrogens with zero attached hydrogens (tertiary/aromatic N) is 3. The van der Waals surface area contributed by atoms with Crippen LogP contribution in [0.4, 0.5) is 10.1 Å². The van der Waals surface area contributed by atoms with E-state index in [1.165, 1.54) is 16.8 Å². The first-order chi connectivity index (χ1) is 16.3. The highest BCUT2D eigenvalue weighted by atomic mass is 127. The van der Waals surface area contributed by atoms with Crippen molar-refractivity contribution in [2.24, 2.45) is 5.10 Å². The molecule has 1 amide bonds. The molecule has 0 saturated heterocycles. The summed E-state index contributed by atoms with van der Waals surface area (Å²) in [6.07, 6.45) is 1.55. The molecule has 0 saturated carbocycles. The minimum atomic E-state index is -0.516. The summed E-state index contributed by atoms with van der Waals surface area (Å²) in [7, 11) is 0. The van der Waals surface area contributed by atoms with Crippen molar-refractivity contribution >= 4 is 67.2 Å². The lowest BCUT2D eigenvalue weighted by Crippen LogP contribution is -2.21. The molecule has 0 atom stereocenters. The molecule has 0 fully saturated rings. The van der Waals surface area contributed by atoms with E-state index < -0.39 is 11.7 Å². The number of carbonyl (C=O) groups excluding carboxylic acids is 1. The number of rotatable bonds is 6. The van der Waals surface area contributed by atoms with Gasteiger partial charge in [-0.05, 0) is 83.6 Å². The number of fused-ring (bicyclic) bond motifs is 1. The number of aromatic nitrogens is 2. The number of nitrogens with one attached hydrogen (secondary N) is 1. The highest BCUT2D eigenvalue weighted by Gasteiger charge is 2.10. The first-order valence-corrected chi connectivity index (χ1v) is 11.9. The minimum Gasteiger partial charge on any atom is -0.483 e. The van der Waals surface area contributed by atoms with Crippen molar-refractivity contribution in [3.63, 3.8) is 0 Å². The fourth-order valence-corrected chi connectivity index (χ4v) is 4.18. The predicted molar refractivity (Wildman–Crippen MR) is 141 cm³/mol. The Morgan fingerprint density at radius 3 is 2.79 bits per heavy atom. The molecule has 7 nitrogen and oxygen atoms in total. The van der Waals surface area contributed by atoms with Crippen LogP contribution in [0.5, 0.6) is 5.75 Å². The van der Waals surface area contributed by atoms with Gasteiger partial charge in [-0.3, -0.25) is 9.59 Å². The molecule has 1 aromatic heterocycles. The van der Waals surface area contributed by atoms with E-state index in [9.17, 15) is 14.0 Å². The highest BCUT2D eigenvalue weighted by Crippen LogP contribution is 2.22. The number of halogens is 3. The summed E-state index contributed by atoms with van der Waals surface area (Å²) >= 11 is 5.45. The van der Waals surface area contributed by atoms with E-state index in [0.717, 1.165) is 13.6 Å². The summed E-state index contributed by atoms with van der Waals surface area (Å²) in [6.45, 7) is 1.44. The van der Waals surface area contributed by atoms with Crippen LogP contribution in [0.15, 0.2) is 75.0 Å². The van der Waals surface area contributed by atoms with Crippen molar-refractivity contribution in [1.29, 1.82) is 0 Å². The second kappa shape index (κ2) is 10.4. The number of benzene rings is 3. The second-order valence-corrected chi connectivity index (χ2v) is 9.27. The Hall–Kier alpha value is -3.12. The zero-order valence-corrected chi connectivity index (χ0v) is 21.5. The Labute approximate surface area is 215 Å². The minimum absolute atomic E-state index is 0.0958. The van der Waals surface area contributed by atoms with Crippen LogP contribution in [0.25, 0.3) is 10.9 Å². The standard InChI is InChI=1S/C24H17BrFIN4O3/c1-14-29-20-8-7-16(25)11-17(20)24(33)31(14)28-12-15-6-9-22(19(27)10-15)34-13-23(32)30-21-5-3-2-4-18(21)26/h2-12H,13H2,1H3,(H,30,32). The first kappa shape index (κ1) is 24.0. The highest BCUT2D eigenvalue weighted by molar-refractivity contribution is 14.1. The summed E-state index contributed by atoms with van der Waals surface area (Å²) in [6, 6.07) is 16.5. The number of hydrogen-bond acceptors (Lipinski definition) is 5. The van der Waals surface area contributed by atoms with Gasteiger partial charge in [0, 0.05) is 4.47 Å². The molecular formula is C24H17BrFIN4O3. The Kier molecular flexibility index (Phi) is 7.37. The summed E-state index contributed by atoms with van der Waals surface area (Å²) in [5.41, 5.74) is 1.16. The van der Waals surface area contributed by atoms with Gasteiger partial charge in [-0.2, -0.15) is 9.78 Å². The summed E-state index contributed by atoms with van der Waals surface area (Å²) < 4.78 is 22.0. The lowest BCUT2D eigenvalue weighted by molar-refractivity contribution is -0.118. The van der Waals surface area contributed by atoms with Gasteiger partial charge in [0.25, 0.3) is 11.5 Å². The van der Waals surface area contributed by atoms with Crippen LogP contribution in [0.2, 0.25) is 0 Å². The first-order valence-electron chi connectivity index (χ1n) is 10.0. The fourth-order valence-electron chi connectivity index (χ4n) is 3.13. The molecule has 1 heterocycles. The van der Waals surface area contributed by atoms with Gasteiger partial charge in [-0.1, -0.05) is 28.1 Å². The number of para-hydroxylation sites is 1. The van der Waals surface area contributed by atoms with Crippen LogP contribution >= 0.6 is 38.5 Å². The van der Waals surface area contributed by atoms with Crippen molar-refractivity contribution in [2.75, 3.05) is 11.9 Å². The van der Waals surface area contributed by atoms with Crippen LogP contribution < -0.4 is 15.6 Å². The zero-order chi connectivity index (χ0) is 24.2. The quantitative estimate of drug-likeness (QED) is 0.236. The summed E-state index contributed by atoms with van der Waals surface area (Å²) in [4.78, 5) is 29.4. The van der Waals surface area contributed by atoms with Gasteiger partial charge in [0.05, 0.1) is 26.4 Å². The van der Waals surface area contributed by atoms with E-state index in [4.69, 9.17) is 4.74 Å². The van der Waals surface area contributed by atoms with E-state index in [1.807, 2.05) is 6.07 Å². The maximum Gasteiger partial charge on any atom is 0.282 e. The van der Waals surface area contributed by atoms with E-state index in [2.05, 4.69) is 53.9 Å². The van der Waals surface area contributed by atoms with Gasteiger partial charge in [0.15, 0.2) is 6.61 Å². The number of anilines is 1. The number of hydrogen-bond donors (Lipinski definition) is 1. The topological polar surface area (TPSA) is 85.6 Å². The average Bonchev–Trinajstić information content (AvgIpc) is 2.80. The molecule has 0 aliphatic rings. The summed E-state index contributed by atoms with van der Waals surface area (Å²) in [5.74, 6) is -0.0342. The third kappa shape index (κ3) is 5.50. The van der Waals surface area contributed by atoms with Crippen molar-refractivity contribution in [3.05, 3.63) is 96.3 Å². The SMILES string of the molecule is Cc1nc2ccc(Br)cc2c(=O)n1N=Cc1ccc(OCC(=O)Nc2ccccc2F)c(I)c1. The third-order valence-corrected chi connectivity index (χ3v) is 6.09. The number of amides is 1. The Morgan fingerprint density at radius 1 is 1.24 bits per heavy atom. The van der Waals surface area contributed by atoms with E-state index >= 15 is 0 Å². The van der Waals surface area contributed by atoms with E-state index in [-0.39, 0.29) is 17.9 Å². The molecule has 0 aliphatic heterocycles. The molecule has 0 bridgehead atoms. The number of carbonyl (C=O) groups is 1. The lowest BCUT2D eigenvalue weighted by Gasteiger charge is -2.10. The van der Waals surface area contributed by atoms with Crippen molar-refractivity contribution < 1.29 is 13.9 Å². The van der Waals surface area contributed by atoms with Crippen LogP contribution in [-0.2, 0) is 4.79 Å². The molecule has 0 unspecified atom stereocenters. The van der Waals surface area contributed by atoms with Crippen molar-refractivity contribution in [2.45, 2.75) is 6.92 Å². The molecule has 3 aromatic carbocycles. The van der Waals surface area contributed by atoms with Crippen molar-refractivity contribution in [3.8, 4) is 5.75 Å². The zero-order valence-electron chi connectivity index (χ0n) is 17.8. The third-order valence-electron chi connectivity index (χ3n) is 4.76. The smallest absolute Gasteiger partial charge is 0.282 e. The Morgan fingerprint density at radius 2 is 2.03 bits per heavy atom. The monoisotopic (exact) mass is 634 g/mol. The average molecular weight is 635 g/mol. The van der Waals surface area contributed by atoms with Crippen LogP contribution in [0.3, 0.4) is 0 Å². The molecule has 10 heteroatoms. The molecular weight excluding hydrogens is 618 g/mol. The second-order valence-electron chi connectivity index (χ2n) is 7.19. The maximum atomic E-state index is 13.7. The predicted octanol–water partition coefficient (Wildman–Crippen LogP) is 5.11. The van der Waals surface area contributed by atoms with Crippen molar-refractivity contribution in [1.82, 2.24) is 9.66 Å². The van der Waals surface area contributed by atoms with Crippen LogP contribution in [0, 0.1) is 16.3 Å². The summed E-state index contributed by atoms with van der Waals surface area (Å²) in [5, 5.41) is 7.25. The number of aryl methyl sites for hydroxylation is 1. The largest absolute Gasteiger partial charge is 0.483 e. The lowest BCUT2D eigenvalue weighted by atomic mass is 10.2. The van der Waals surface area contributed by atoms with Gasteiger partial charge in [-0.25, -0.2) is 9.37 Å². The molecule has 4 rings (SSSR count). The van der Waals surface area contributed by atoms with Crippen LogP contribution in [-0.4, -0.2) is 28.4 Å². The van der Waals surface area contributed by atoms with Gasteiger partial charge < -0.3 is 10.1 Å². The molecule has 0 radical (unpaired) electrons. The van der Waals surface area contributed by atoms with Crippen LogP contribution in [0.1, 0.15) is 11.4 Å².